The highest BCUT2D eigenvalue weighted by Gasteiger charge is 2.50. The molecular weight excluding hydrogens is 774 g/mol. The van der Waals surface area contributed by atoms with Crippen LogP contribution in [-0.4, -0.2) is 238 Å². The average molecular weight is 851 g/mol. The van der Waals surface area contributed by atoms with Crippen molar-refractivity contribution in [1.29, 1.82) is 0 Å². The molecule has 9 atom stereocenters. The smallest absolute Gasteiger partial charge is 0.0908 e. The van der Waals surface area contributed by atoms with Crippen molar-refractivity contribution >= 4 is 15.8 Å². The molecular formula is C38H76O16P2. The molecule has 2 aliphatic heterocycles. The second-order valence-corrected chi connectivity index (χ2v) is 19.8. The summed E-state index contributed by atoms with van der Waals surface area (Å²) in [5.41, 5.74) is 1.35. The van der Waals surface area contributed by atoms with E-state index in [0.717, 1.165) is 12.3 Å². The van der Waals surface area contributed by atoms with Crippen molar-refractivity contribution in [2.45, 2.75) is 74.7 Å². The SMILES string of the molecule is C[C@@H]1[C@H](OCCOCCOCCO)[C@H](OCCOCCOCCO)[C@H](C)P1CCP1[C@@H](C)[C@@H](OCCOCCOCCO)[C@H](OCCOCCOCCO)[C@@H]1C. The Morgan fingerprint density at radius 1 is 0.286 bits per heavy atom. The van der Waals surface area contributed by atoms with E-state index < -0.39 is 15.8 Å². The van der Waals surface area contributed by atoms with Crippen molar-refractivity contribution in [3.05, 3.63) is 0 Å². The van der Waals surface area contributed by atoms with Gasteiger partial charge in [0.15, 0.2) is 0 Å². The molecule has 334 valence electrons. The molecule has 2 aliphatic rings. The molecule has 0 aliphatic carbocycles. The van der Waals surface area contributed by atoms with Crippen LogP contribution in [0.4, 0.5) is 0 Å². The lowest BCUT2D eigenvalue weighted by atomic mass is 10.1. The summed E-state index contributed by atoms with van der Waals surface area (Å²) < 4.78 is 70.1. The van der Waals surface area contributed by atoms with Gasteiger partial charge in [-0.3, -0.25) is 0 Å². The number of hydrogen-bond donors (Lipinski definition) is 4. The van der Waals surface area contributed by atoms with Gasteiger partial charge in [0.05, 0.1) is 183 Å². The van der Waals surface area contributed by atoms with Crippen LogP contribution in [0.15, 0.2) is 0 Å². The van der Waals surface area contributed by atoms with Crippen LogP contribution in [0.25, 0.3) is 0 Å². The van der Waals surface area contributed by atoms with Crippen molar-refractivity contribution in [3.8, 4) is 0 Å². The number of aliphatic hydroxyl groups is 4. The molecule has 0 radical (unpaired) electrons. The monoisotopic (exact) mass is 850 g/mol. The minimum absolute atomic E-state index is 0.00434. The number of hydrogen-bond acceptors (Lipinski definition) is 16. The van der Waals surface area contributed by atoms with Gasteiger partial charge in [-0.1, -0.05) is 43.5 Å². The van der Waals surface area contributed by atoms with Gasteiger partial charge in [0, 0.05) is 22.6 Å². The number of aliphatic hydroxyl groups excluding tert-OH is 4. The Balaban J connectivity index is 2.00. The Bertz CT molecular complexity index is 756. The van der Waals surface area contributed by atoms with E-state index >= 15 is 0 Å². The van der Waals surface area contributed by atoms with Gasteiger partial charge in [0.1, 0.15) is 0 Å². The quantitative estimate of drug-likeness (QED) is 0.0509. The molecule has 2 fully saturated rings. The molecule has 56 heavy (non-hydrogen) atoms. The van der Waals surface area contributed by atoms with Crippen LogP contribution >= 0.6 is 15.8 Å². The molecule has 0 aromatic rings. The van der Waals surface area contributed by atoms with Crippen LogP contribution in [0.3, 0.4) is 0 Å². The summed E-state index contributed by atoms with van der Waals surface area (Å²) in [4.78, 5) is 0. The average Bonchev–Trinajstić information content (AvgIpc) is 3.55. The van der Waals surface area contributed by atoms with E-state index in [2.05, 4.69) is 27.7 Å². The summed E-state index contributed by atoms with van der Waals surface area (Å²) in [6, 6.07) is 0. The Kier molecular flexibility index (Phi) is 32.6. The van der Waals surface area contributed by atoms with Gasteiger partial charge in [-0.15, -0.1) is 0 Å². The predicted molar refractivity (Wildman–Crippen MR) is 215 cm³/mol. The number of rotatable bonds is 39. The largest absolute Gasteiger partial charge is 0.394 e. The molecule has 0 aromatic carbocycles. The van der Waals surface area contributed by atoms with E-state index in [1.165, 1.54) is 0 Å². The Labute approximate surface area is 338 Å². The predicted octanol–water partition coefficient (Wildman–Crippen LogP) is 1.17. The molecule has 18 heteroatoms. The van der Waals surface area contributed by atoms with Gasteiger partial charge in [-0.25, -0.2) is 0 Å². The summed E-state index contributed by atoms with van der Waals surface area (Å²) >= 11 is 0. The molecule has 2 saturated heterocycles. The molecule has 0 spiro atoms. The maximum Gasteiger partial charge on any atom is 0.0908 e. The summed E-state index contributed by atoms with van der Waals surface area (Å²) in [5, 5.41) is 35.6. The summed E-state index contributed by atoms with van der Waals surface area (Å²) in [7, 11) is -0.845. The van der Waals surface area contributed by atoms with Crippen LogP contribution in [0.2, 0.25) is 0 Å². The van der Waals surface area contributed by atoms with Crippen LogP contribution < -0.4 is 0 Å². The lowest BCUT2D eigenvalue weighted by molar-refractivity contribution is -0.0888. The molecule has 0 saturated carbocycles. The molecule has 0 bridgehead atoms. The van der Waals surface area contributed by atoms with E-state index in [-0.39, 0.29) is 50.8 Å². The summed E-state index contributed by atoms with van der Waals surface area (Å²) in [6.45, 7) is 17.6. The van der Waals surface area contributed by atoms with Crippen LogP contribution in [-0.2, 0) is 56.8 Å². The minimum Gasteiger partial charge on any atom is -0.394 e. The van der Waals surface area contributed by atoms with Gasteiger partial charge in [-0.2, -0.15) is 0 Å². The van der Waals surface area contributed by atoms with Crippen LogP contribution in [0, 0.1) is 0 Å². The fraction of sp³-hybridized carbons (Fsp3) is 1.00. The van der Waals surface area contributed by atoms with Gasteiger partial charge in [-0.05, 0) is 12.3 Å². The third kappa shape index (κ3) is 21.1. The first kappa shape index (κ1) is 52.4. The standard InChI is InChI=1S/C38H76O16P2/c1-31-35(51-25-21-47-17-13-43-9-5-39)36(52-26-22-48-18-14-44-10-6-40)32(2)55(31)29-30-56-33(3)37(53-27-23-49-19-15-45-11-7-41)38(34(56)4)54-28-24-50-20-16-46-12-8-42/h31-42H,5-30H2,1-4H3/t31-,32-,33-,34+,35+,36+,37+,38-,56?/m0/s1. The fourth-order valence-electron chi connectivity index (χ4n) is 7.10. The minimum atomic E-state index is -0.423. The molecule has 0 amide bonds. The van der Waals surface area contributed by atoms with E-state index in [0.29, 0.717) is 155 Å². The topological polar surface area (TPSA) is 192 Å². The van der Waals surface area contributed by atoms with Gasteiger partial charge in [0.2, 0.25) is 0 Å². The third-order valence-corrected chi connectivity index (χ3v) is 17.0. The molecule has 1 unspecified atom stereocenters. The van der Waals surface area contributed by atoms with Crippen molar-refractivity contribution < 1.29 is 77.3 Å². The summed E-state index contributed by atoms with van der Waals surface area (Å²) in [5.74, 6) is 0. The lowest BCUT2D eigenvalue weighted by Gasteiger charge is -2.28. The molecule has 4 N–H and O–H groups in total. The van der Waals surface area contributed by atoms with E-state index in [9.17, 15) is 0 Å². The summed E-state index contributed by atoms with van der Waals surface area (Å²) in [6.07, 6.45) is 2.00. The zero-order valence-corrected chi connectivity index (χ0v) is 36.4. The Morgan fingerprint density at radius 2 is 0.464 bits per heavy atom. The third-order valence-electron chi connectivity index (χ3n) is 9.84. The molecule has 16 nitrogen and oxygen atoms in total. The zero-order chi connectivity index (χ0) is 40.6. The normalized spacial score (nSPS) is 27.9. The first-order valence-corrected chi connectivity index (χ1v) is 23.8. The van der Waals surface area contributed by atoms with Crippen LogP contribution in [0.5, 0.6) is 0 Å². The Morgan fingerprint density at radius 3 is 0.661 bits per heavy atom. The second kappa shape index (κ2) is 34.9. The van der Waals surface area contributed by atoms with E-state index in [4.69, 9.17) is 77.3 Å². The Hall–Kier alpha value is 0.220. The van der Waals surface area contributed by atoms with Gasteiger partial charge >= 0.3 is 0 Å². The van der Waals surface area contributed by atoms with Crippen molar-refractivity contribution in [2.75, 3.05) is 171 Å². The molecule has 2 rings (SSSR count). The van der Waals surface area contributed by atoms with Gasteiger partial charge < -0.3 is 77.3 Å². The first-order chi connectivity index (χ1) is 27.4. The van der Waals surface area contributed by atoms with E-state index in [1.54, 1.807) is 0 Å². The maximum absolute atomic E-state index is 8.90. The van der Waals surface area contributed by atoms with Gasteiger partial charge in [0.25, 0.3) is 0 Å². The zero-order valence-electron chi connectivity index (χ0n) is 34.6. The van der Waals surface area contributed by atoms with Crippen molar-refractivity contribution in [2.24, 2.45) is 0 Å². The highest BCUT2D eigenvalue weighted by molar-refractivity contribution is 7.63. The fourth-order valence-corrected chi connectivity index (χ4v) is 14.6. The second-order valence-electron chi connectivity index (χ2n) is 13.6. The lowest BCUT2D eigenvalue weighted by Crippen LogP contribution is -2.37. The maximum atomic E-state index is 8.90. The first-order valence-electron chi connectivity index (χ1n) is 20.5. The highest BCUT2D eigenvalue weighted by atomic mass is 31.1. The highest BCUT2D eigenvalue weighted by Crippen LogP contribution is 2.62. The van der Waals surface area contributed by atoms with Crippen LogP contribution in [0.1, 0.15) is 27.7 Å². The van der Waals surface area contributed by atoms with Crippen molar-refractivity contribution in [3.63, 3.8) is 0 Å². The van der Waals surface area contributed by atoms with Crippen molar-refractivity contribution in [1.82, 2.24) is 0 Å². The molecule has 0 aromatic heterocycles. The van der Waals surface area contributed by atoms with E-state index in [1.807, 2.05) is 0 Å². The molecule has 2 heterocycles. The number of ether oxygens (including phenoxy) is 12.